The van der Waals surface area contributed by atoms with Gasteiger partial charge in [-0.3, -0.25) is 0 Å². The molecule has 0 saturated heterocycles. The lowest BCUT2D eigenvalue weighted by Crippen LogP contribution is -2.22. The Kier molecular flexibility index (Phi) is 4.97. The van der Waals surface area contributed by atoms with E-state index in [-0.39, 0.29) is 11.9 Å². The molecule has 2 nitrogen and oxygen atoms in total. The van der Waals surface area contributed by atoms with Crippen molar-refractivity contribution in [2.75, 3.05) is 0 Å². The average Bonchev–Trinajstić information content (AvgIpc) is 3.15. The topological polar surface area (TPSA) is 24.9 Å². The van der Waals surface area contributed by atoms with Crippen LogP contribution in [0.5, 0.6) is 0 Å². The van der Waals surface area contributed by atoms with E-state index in [2.05, 4.69) is 32.5 Å². The molecule has 2 heterocycles. The molecule has 3 aromatic rings. The Bertz CT molecular complexity index is 722. The van der Waals surface area contributed by atoms with Gasteiger partial charge < -0.3 is 5.32 Å². The van der Waals surface area contributed by atoms with Crippen LogP contribution in [0.1, 0.15) is 27.9 Å². The number of hydrogen-bond acceptors (Lipinski definition) is 4. The Balaban J connectivity index is 1.73. The molecule has 0 aliphatic heterocycles. The summed E-state index contributed by atoms with van der Waals surface area (Å²) in [7, 11) is 0. The van der Waals surface area contributed by atoms with E-state index in [0.29, 0.717) is 6.54 Å². The fraction of sp³-hybridized carbons (Fsp3) is 0.235. The summed E-state index contributed by atoms with van der Waals surface area (Å²) in [6.07, 6.45) is 0.895. The van der Waals surface area contributed by atoms with E-state index in [0.717, 1.165) is 22.7 Å². The molecule has 1 N–H and O–H groups in total. The van der Waals surface area contributed by atoms with Crippen LogP contribution >= 0.6 is 22.7 Å². The molecule has 22 heavy (non-hydrogen) atoms. The average molecular weight is 332 g/mol. The number of aryl methyl sites for hydroxylation is 1. The molecular formula is C17H17FN2S2. The molecule has 3 rings (SSSR count). The minimum absolute atomic E-state index is 0.150. The van der Waals surface area contributed by atoms with Gasteiger partial charge in [0.1, 0.15) is 10.8 Å². The third-order valence-corrected chi connectivity index (χ3v) is 5.20. The van der Waals surface area contributed by atoms with Crippen LogP contribution in [-0.2, 0) is 13.0 Å². The molecule has 2 aromatic heterocycles. The largest absolute Gasteiger partial charge is 0.304 e. The Morgan fingerprint density at radius 2 is 2.14 bits per heavy atom. The fourth-order valence-electron chi connectivity index (χ4n) is 2.31. The monoisotopic (exact) mass is 332 g/mol. The van der Waals surface area contributed by atoms with Gasteiger partial charge in [-0.1, -0.05) is 12.1 Å². The zero-order chi connectivity index (χ0) is 15.4. The minimum Gasteiger partial charge on any atom is -0.304 e. The Labute approximate surface area is 137 Å². The van der Waals surface area contributed by atoms with E-state index >= 15 is 0 Å². The zero-order valence-corrected chi connectivity index (χ0v) is 13.9. The third-order valence-electron chi connectivity index (χ3n) is 3.40. The van der Waals surface area contributed by atoms with Crippen molar-refractivity contribution in [1.29, 1.82) is 0 Å². The van der Waals surface area contributed by atoms with Crippen molar-refractivity contribution in [1.82, 2.24) is 10.3 Å². The van der Waals surface area contributed by atoms with E-state index in [1.54, 1.807) is 34.8 Å². The lowest BCUT2D eigenvalue weighted by molar-refractivity contribution is 0.525. The highest BCUT2D eigenvalue weighted by molar-refractivity contribution is 7.09. The quantitative estimate of drug-likeness (QED) is 0.706. The van der Waals surface area contributed by atoms with Crippen LogP contribution in [0.4, 0.5) is 4.39 Å². The van der Waals surface area contributed by atoms with E-state index in [1.807, 2.05) is 13.0 Å². The molecule has 0 aliphatic carbocycles. The number of benzene rings is 1. The van der Waals surface area contributed by atoms with Gasteiger partial charge in [0.05, 0.1) is 6.04 Å². The van der Waals surface area contributed by atoms with Gasteiger partial charge in [-0.25, -0.2) is 9.37 Å². The molecule has 114 valence electrons. The second-order valence-corrected chi connectivity index (χ2v) is 6.90. The number of nitrogens with zero attached hydrogens (tertiary/aromatic N) is 1. The van der Waals surface area contributed by atoms with E-state index < -0.39 is 0 Å². The van der Waals surface area contributed by atoms with Crippen molar-refractivity contribution in [3.8, 4) is 0 Å². The van der Waals surface area contributed by atoms with Crippen LogP contribution in [0.2, 0.25) is 0 Å². The van der Waals surface area contributed by atoms with Crippen molar-refractivity contribution in [3.63, 3.8) is 0 Å². The van der Waals surface area contributed by atoms with Gasteiger partial charge in [-0.05, 0) is 53.4 Å². The lowest BCUT2D eigenvalue weighted by atomic mass is 10.1. The van der Waals surface area contributed by atoms with Crippen molar-refractivity contribution in [3.05, 3.63) is 74.1 Å². The van der Waals surface area contributed by atoms with Gasteiger partial charge in [0, 0.05) is 17.6 Å². The maximum absolute atomic E-state index is 13.3. The smallest absolute Gasteiger partial charge is 0.123 e. The first kappa shape index (κ1) is 15.3. The van der Waals surface area contributed by atoms with Crippen LogP contribution in [-0.4, -0.2) is 4.98 Å². The number of hydrogen-bond donors (Lipinski definition) is 1. The number of halogens is 1. The molecule has 0 fully saturated rings. The molecule has 1 atom stereocenters. The number of rotatable bonds is 6. The summed E-state index contributed by atoms with van der Waals surface area (Å²) in [5.74, 6) is -0.196. The van der Waals surface area contributed by atoms with E-state index in [1.165, 1.54) is 11.6 Å². The highest BCUT2D eigenvalue weighted by atomic mass is 32.1. The summed E-state index contributed by atoms with van der Waals surface area (Å²) in [5, 5.41) is 10.9. The zero-order valence-electron chi connectivity index (χ0n) is 12.3. The molecule has 0 unspecified atom stereocenters. The Hall–Kier alpha value is -1.56. The molecule has 0 bridgehead atoms. The van der Waals surface area contributed by atoms with Crippen molar-refractivity contribution in [2.45, 2.75) is 25.9 Å². The summed E-state index contributed by atoms with van der Waals surface area (Å²) < 4.78 is 13.3. The minimum atomic E-state index is -0.196. The molecular weight excluding hydrogens is 315 g/mol. The number of aromatic nitrogens is 1. The third kappa shape index (κ3) is 4.00. The normalized spacial score (nSPS) is 12.5. The maximum Gasteiger partial charge on any atom is 0.123 e. The molecule has 0 spiro atoms. The van der Waals surface area contributed by atoms with Crippen molar-refractivity contribution < 1.29 is 4.39 Å². The summed E-state index contributed by atoms with van der Waals surface area (Å²) in [4.78, 5) is 4.61. The predicted molar refractivity (Wildman–Crippen MR) is 90.9 cm³/mol. The number of thiophene rings is 1. The first-order chi connectivity index (χ1) is 10.7. The maximum atomic E-state index is 13.3. The predicted octanol–water partition coefficient (Wildman–Crippen LogP) is 4.73. The van der Waals surface area contributed by atoms with Gasteiger partial charge in [0.2, 0.25) is 0 Å². The molecule has 0 saturated carbocycles. The summed E-state index contributed by atoms with van der Waals surface area (Å²) in [6, 6.07) is 9.01. The molecule has 1 aromatic carbocycles. The highest BCUT2D eigenvalue weighted by Crippen LogP contribution is 2.23. The van der Waals surface area contributed by atoms with Crippen LogP contribution < -0.4 is 5.32 Å². The first-order valence-corrected chi connectivity index (χ1v) is 8.94. The molecule has 0 aliphatic rings. The Morgan fingerprint density at radius 3 is 2.82 bits per heavy atom. The van der Waals surface area contributed by atoms with Crippen LogP contribution in [0.25, 0.3) is 0 Å². The summed E-state index contributed by atoms with van der Waals surface area (Å²) in [5.41, 5.74) is 3.29. The standard InChI is InChI=1S/C17H17FN2S2/c1-12-10-22-17(20-12)16(8-14-5-6-21-11-14)19-9-13-3-2-4-15(18)7-13/h2-7,10-11,16,19H,8-9H2,1H3/t16-/m1/s1. The fourth-order valence-corrected chi connectivity index (χ4v) is 3.86. The Morgan fingerprint density at radius 1 is 1.23 bits per heavy atom. The number of nitrogens with one attached hydrogen (secondary N) is 1. The van der Waals surface area contributed by atoms with Crippen LogP contribution in [0, 0.1) is 12.7 Å². The first-order valence-electron chi connectivity index (χ1n) is 7.11. The van der Waals surface area contributed by atoms with Gasteiger partial charge in [0.15, 0.2) is 0 Å². The van der Waals surface area contributed by atoms with Gasteiger partial charge in [-0.2, -0.15) is 11.3 Å². The second kappa shape index (κ2) is 7.13. The molecule has 0 amide bonds. The summed E-state index contributed by atoms with van der Waals surface area (Å²) >= 11 is 3.38. The van der Waals surface area contributed by atoms with E-state index in [9.17, 15) is 4.39 Å². The highest BCUT2D eigenvalue weighted by Gasteiger charge is 2.16. The van der Waals surface area contributed by atoms with Crippen molar-refractivity contribution >= 4 is 22.7 Å². The van der Waals surface area contributed by atoms with Crippen LogP contribution in [0.3, 0.4) is 0 Å². The SMILES string of the molecule is Cc1csc([C@@H](Cc2ccsc2)NCc2cccc(F)c2)n1. The summed E-state index contributed by atoms with van der Waals surface area (Å²) in [6.45, 7) is 2.64. The van der Waals surface area contributed by atoms with Gasteiger partial charge in [0.25, 0.3) is 0 Å². The lowest BCUT2D eigenvalue weighted by Gasteiger charge is -2.16. The second-order valence-electron chi connectivity index (χ2n) is 5.23. The van der Waals surface area contributed by atoms with Gasteiger partial charge >= 0.3 is 0 Å². The molecule has 5 heteroatoms. The van der Waals surface area contributed by atoms with Crippen molar-refractivity contribution in [2.24, 2.45) is 0 Å². The van der Waals surface area contributed by atoms with E-state index in [4.69, 9.17) is 0 Å². The molecule has 0 radical (unpaired) electrons. The van der Waals surface area contributed by atoms with Crippen LogP contribution in [0.15, 0.2) is 46.5 Å². The number of thiazole rings is 1. The van der Waals surface area contributed by atoms with Gasteiger partial charge in [-0.15, -0.1) is 11.3 Å².